The lowest BCUT2D eigenvalue weighted by molar-refractivity contribution is 0.102. The molecule has 0 aliphatic heterocycles. The Morgan fingerprint density at radius 1 is 0.815 bits per heavy atom. The first-order valence-corrected chi connectivity index (χ1v) is 8.96. The van der Waals surface area contributed by atoms with Gasteiger partial charge in [-0.1, -0.05) is 60.7 Å². The minimum Gasteiger partial charge on any atom is -0.322 e. The number of carbonyl (C=O) groups is 1. The van der Waals surface area contributed by atoms with Crippen molar-refractivity contribution in [2.75, 3.05) is 5.32 Å². The largest absolute Gasteiger partial charge is 0.322 e. The summed E-state index contributed by atoms with van der Waals surface area (Å²) in [4.78, 5) is 17.9. The second-order valence-electron chi connectivity index (χ2n) is 6.66. The topological polar surface area (TPSA) is 42.0 Å². The van der Waals surface area contributed by atoms with Crippen molar-refractivity contribution in [2.24, 2.45) is 0 Å². The summed E-state index contributed by atoms with van der Waals surface area (Å²) in [6.45, 7) is 4.04. The van der Waals surface area contributed by atoms with Crippen LogP contribution in [0.3, 0.4) is 0 Å². The molecule has 3 nitrogen and oxygen atoms in total. The summed E-state index contributed by atoms with van der Waals surface area (Å²) in [7, 11) is 0. The quantitative estimate of drug-likeness (QED) is 0.508. The van der Waals surface area contributed by atoms with Crippen molar-refractivity contribution >= 4 is 22.5 Å². The summed E-state index contributed by atoms with van der Waals surface area (Å²) in [6.07, 6.45) is 0. The number of fused-ring (bicyclic) bond motifs is 1. The Kier molecular flexibility index (Phi) is 4.43. The standard InChI is InChI=1S/C24H20N2O/c1-16-9-3-5-11-18(16)23-15-20(19-12-6-8-14-22(19)25-23)24(27)26-21-13-7-4-10-17(21)2/h3-15H,1-2H3,(H,26,27). The number of aromatic nitrogens is 1. The number of para-hydroxylation sites is 2. The van der Waals surface area contributed by atoms with Crippen LogP contribution in [0.15, 0.2) is 78.9 Å². The summed E-state index contributed by atoms with van der Waals surface area (Å²) >= 11 is 0. The van der Waals surface area contributed by atoms with E-state index in [1.54, 1.807) is 0 Å². The van der Waals surface area contributed by atoms with Crippen LogP contribution in [0, 0.1) is 13.8 Å². The van der Waals surface area contributed by atoms with Crippen LogP contribution in [0.5, 0.6) is 0 Å². The molecule has 0 bridgehead atoms. The normalized spacial score (nSPS) is 10.7. The van der Waals surface area contributed by atoms with Crippen LogP contribution in [0.4, 0.5) is 5.69 Å². The molecule has 3 aromatic carbocycles. The van der Waals surface area contributed by atoms with Crippen molar-refractivity contribution in [3.05, 3.63) is 95.6 Å². The maximum Gasteiger partial charge on any atom is 0.256 e. The predicted molar refractivity (Wildman–Crippen MR) is 111 cm³/mol. The summed E-state index contributed by atoms with van der Waals surface area (Å²) in [5, 5.41) is 3.89. The van der Waals surface area contributed by atoms with Crippen LogP contribution < -0.4 is 5.32 Å². The van der Waals surface area contributed by atoms with E-state index in [0.29, 0.717) is 5.56 Å². The maximum absolute atomic E-state index is 13.1. The Morgan fingerprint density at radius 2 is 1.48 bits per heavy atom. The molecular formula is C24H20N2O. The molecule has 27 heavy (non-hydrogen) atoms. The van der Waals surface area contributed by atoms with Gasteiger partial charge in [0.25, 0.3) is 5.91 Å². The van der Waals surface area contributed by atoms with Gasteiger partial charge in [-0.05, 0) is 43.2 Å². The number of rotatable bonds is 3. The summed E-state index contributed by atoms with van der Waals surface area (Å²) in [5.41, 5.74) is 6.26. The highest BCUT2D eigenvalue weighted by Gasteiger charge is 2.15. The molecule has 0 saturated carbocycles. The molecule has 3 heteroatoms. The van der Waals surface area contributed by atoms with E-state index in [2.05, 4.69) is 18.3 Å². The summed E-state index contributed by atoms with van der Waals surface area (Å²) in [6, 6.07) is 25.5. The Bertz CT molecular complexity index is 1150. The monoisotopic (exact) mass is 352 g/mol. The van der Waals surface area contributed by atoms with Gasteiger partial charge in [0.15, 0.2) is 0 Å². The Labute approximate surface area is 158 Å². The van der Waals surface area contributed by atoms with E-state index < -0.39 is 0 Å². The van der Waals surface area contributed by atoms with Gasteiger partial charge in [-0.2, -0.15) is 0 Å². The molecule has 0 unspecified atom stereocenters. The molecular weight excluding hydrogens is 332 g/mol. The first-order chi connectivity index (χ1) is 13.1. The van der Waals surface area contributed by atoms with Gasteiger partial charge in [0.2, 0.25) is 0 Å². The second-order valence-corrected chi connectivity index (χ2v) is 6.66. The van der Waals surface area contributed by atoms with Crippen LogP contribution in [-0.4, -0.2) is 10.9 Å². The predicted octanol–water partition coefficient (Wildman–Crippen LogP) is 5.77. The Hall–Kier alpha value is -3.46. The third-order valence-corrected chi connectivity index (χ3v) is 4.78. The number of nitrogens with one attached hydrogen (secondary N) is 1. The van der Waals surface area contributed by atoms with E-state index >= 15 is 0 Å². The van der Waals surface area contributed by atoms with E-state index in [1.165, 1.54) is 0 Å². The number of amides is 1. The fourth-order valence-electron chi connectivity index (χ4n) is 3.26. The molecule has 0 aliphatic carbocycles. The fourth-order valence-corrected chi connectivity index (χ4v) is 3.26. The molecule has 1 amide bonds. The molecule has 0 atom stereocenters. The number of pyridine rings is 1. The van der Waals surface area contributed by atoms with Crippen LogP contribution in [-0.2, 0) is 0 Å². The molecule has 0 radical (unpaired) electrons. The molecule has 1 N–H and O–H groups in total. The number of carbonyl (C=O) groups excluding carboxylic acids is 1. The van der Waals surface area contributed by atoms with E-state index in [0.717, 1.165) is 39.0 Å². The van der Waals surface area contributed by atoms with Crippen molar-refractivity contribution < 1.29 is 4.79 Å². The smallest absolute Gasteiger partial charge is 0.256 e. The van der Waals surface area contributed by atoms with Crippen molar-refractivity contribution in [3.8, 4) is 11.3 Å². The van der Waals surface area contributed by atoms with Gasteiger partial charge in [0.1, 0.15) is 0 Å². The molecule has 1 aromatic heterocycles. The minimum absolute atomic E-state index is 0.127. The van der Waals surface area contributed by atoms with Crippen molar-refractivity contribution in [2.45, 2.75) is 13.8 Å². The summed E-state index contributed by atoms with van der Waals surface area (Å²) in [5.74, 6) is -0.127. The first kappa shape index (κ1) is 17.0. The van der Waals surface area contributed by atoms with Crippen molar-refractivity contribution in [1.29, 1.82) is 0 Å². The van der Waals surface area contributed by atoms with E-state index in [9.17, 15) is 4.79 Å². The van der Waals surface area contributed by atoms with E-state index in [1.807, 2.05) is 79.7 Å². The van der Waals surface area contributed by atoms with E-state index in [-0.39, 0.29) is 5.91 Å². The second kappa shape index (κ2) is 7.04. The lowest BCUT2D eigenvalue weighted by Gasteiger charge is -2.13. The average molecular weight is 352 g/mol. The zero-order valence-electron chi connectivity index (χ0n) is 15.4. The van der Waals surface area contributed by atoms with Crippen molar-refractivity contribution in [1.82, 2.24) is 4.98 Å². The SMILES string of the molecule is Cc1ccccc1NC(=O)c1cc(-c2ccccc2C)nc2ccccc12. The molecule has 0 fully saturated rings. The fraction of sp³-hybridized carbons (Fsp3) is 0.0833. The highest BCUT2D eigenvalue weighted by Crippen LogP contribution is 2.27. The third-order valence-electron chi connectivity index (χ3n) is 4.78. The zero-order valence-corrected chi connectivity index (χ0v) is 15.4. The van der Waals surface area contributed by atoms with E-state index in [4.69, 9.17) is 4.98 Å². The van der Waals surface area contributed by atoms with Crippen LogP contribution >= 0.6 is 0 Å². The van der Waals surface area contributed by atoms with Gasteiger partial charge in [-0.3, -0.25) is 4.79 Å². The first-order valence-electron chi connectivity index (χ1n) is 8.96. The Balaban J connectivity index is 1.85. The van der Waals surface area contributed by atoms with Gasteiger partial charge < -0.3 is 5.32 Å². The lowest BCUT2D eigenvalue weighted by Crippen LogP contribution is -2.14. The van der Waals surface area contributed by atoms with Gasteiger partial charge >= 0.3 is 0 Å². The molecule has 1 heterocycles. The molecule has 4 rings (SSSR count). The molecule has 0 saturated heterocycles. The maximum atomic E-state index is 13.1. The molecule has 0 spiro atoms. The number of anilines is 1. The third kappa shape index (κ3) is 3.32. The van der Waals surface area contributed by atoms with Crippen LogP contribution in [0.2, 0.25) is 0 Å². The van der Waals surface area contributed by atoms with Crippen LogP contribution in [0.1, 0.15) is 21.5 Å². The zero-order chi connectivity index (χ0) is 18.8. The molecule has 4 aromatic rings. The summed E-state index contributed by atoms with van der Waals surface area (Å²) < 4.78 is 0. The van der Waals surface area contributed by atoms with Crippen molar-refractivity contribution in [3.63, 3.8) is 0 Å². The highest BCUT2D eigenvalue weighted by atomic mass is 16.1. The Morgan fingerprint density at radius 3 is 2.26 bits per heavy atom. The highest BCUT2D eigenvalue weighted by molar-refractivity contribution is 6.13. The number of nitrogens with zero attached hydrogens (tertiary/aromatic N) is 1. The molecule has 0 aliphatic rings. The number of benzene rings is 3. The number of hydrogen-bond acceptors (Lipinski definition) is 2. The van der Waals surface area contributed by atoms with Gasteiger partial charge in [-0.15, -0.1) is 0 Å². The average Bonchev–Trinajstić information content (AvgIpc) is 2.69. The van der Waals surface area contributed by atoms with Crippen LogP contribution in [0.25, 0.3) is 22.2 Å². The molecule has 132 valence electrons. The number of hydrogen-bond donors (Lipinski definition) is 1. The van der Waals surface area contributed by atoms with Gasteiger partial charge in [0, 0.05) is 16.6 Å². The number of aryl methyl sites for hydroxylation is 2. The van der Waals surface area contributed by atoms with Gasteiger partial charge in [-0.25, -0.2) is 4.98 Å². The van der Waals surface area contributed by atoms with Gasteiger partial charge in [0.05, 0.1) is 16.8 Å². The minimum atomic E-state index is -0.127. The lowest BCUT2D eigenvalue weighted by atomic mass is 10.0.